The van der Waals surface area contributed by atoms with Crippen LogP contribution in [0.25, 0.3) is 11.3 Å². The van der Waals surface area contributed by atoms with Crippen molar-refractivity contribution >= 4 is 9.84 Å². The summed E-state index contributed by atoms with van der Waals surface area (Å²) in [6, 6.07) is 6.68. The molecule has 2 aromatic rings. The number of aromatic nitrogens is 2. The third-order valence-electron chi connectivity index (χ3n) is 2.72. The molecular weight excluding hydrogens is 264 g/mol. The van der Waals surface area contributed by atoms with E-state index in [1.807, 2.05) is 6.92 Å². The molecule has 1 heterocycles. The molecule has 0 atom stereocenters. The number of sulfone groups is 1. The second kappa shape index (κ2) is 5.54. The Morgan fingerprint density at radius 2 is 1.95 bits per heavy atom. The number of rotatable bonds is 5. The number of nitrogens with one attached hydrogen (secondary N) is 1. The molecule has 1 aromatic carbocycles. The Balaban J connectivity index is 2.30. The summed E-state index contributed by atoms with van der Waals surface area (Å²) in [6.07, 6.45) is 2.80. The van der Waals surface area contributed by atoms with Gasteiger partial charge in [-0.05, 0) is 19.1 Å². The first kappa shape index (κ1) is 13.8. The van der Waals surface area contributed by atoms with Crippen molar-refractivity contribution in [2.24, 2.45) is 0 Å². The van der Waals surface area contributed by atoms with Gasteiger partial charge in [0, 0.05) is 18.4 Å². The first-order valence-corrected chi connectivity index (χ1v) is 7.82. The molecule has 0 saturated carbocycles. The van der Waals surface area contributed by atoms with Crippen LogP contribution in [0.4, 0.5) is 0 Å². The second-order valence-corrected chi connectivity index (χ2v) is 6.18. The van der Waals surface area contributed by atoms with Crippen LogP contribution in [0.5, 0.6) is 0 Å². The van der Waals surface area contributed by atoms with Gasteiger partial charge >= 0.3 is 0 Å². The third kappa shape index (κ3) is 3.21. The lowest BCUT2D eigenvalue weighted by molar-refractivity contribution is 0.132. The highest BCUT2D eigenvalue weighted by Crippen LogP contribution is 2.22. The number of aromatic amines is 1. The Kier molecular flexibility index (Phi) is 4.01. The van der Waals surface area contributed by atoms with Crippen molar-refractivity contribution in [1.82, 2.24) is 9.97 Å². The van der Waals surface area contributed by atoms with Gasteiger partial charge in [0.1, 0.15) is 0 Å². The highest BCUT2D eigenvalue weighted by Gasteiger charge is 2.11. The predicted molar refractivity (Wildman–Crippen MR) is 72.5 cm³/mol. The normalized spacial score (nSPS) is 11.7. The minimum Gasteiger partial charge on any atom is -0.375 e. The fourth-order valence-electron chi connectivity index (χ4n) is 1.74. The summed E-state index contributed by atoms with van der Waals surface area (Å²) >= 11 is 0. The van der Waals surface area contributed by atoms with Crippen molar-refractivity contribution < 1.29 is 13.2 Å². The van der Waals surface area contributed by atoms with E-state index in [4.69, 9.17) is 4.74 Å². The zero-order valence-corrected chi connectivity index (χ0v) is 11.7. The molecule has 0 aliphatic heterocycles. The van der Waals surface area contributed by atoms with Crippen molar-refractivity contribution in [3.63, 3.8) is 0 Å². The minimum absolute atomic E-state index is 0.304. The van der Waals surface area contributed by atoms with Crippen molar-refractivity contribution in [2.45, 2.75) is 18.4 Å². The zero-order valence-electron chi connectivity index (χ0n) is 10.9. The van der Waals surface area contributed by atoms with Crippen LogP contribution < -0.4 is 0 Å². The van der Waals surface area contributed by atoms with E-state index in [0.717, 1.165) is 17.0 Å². The van der Waals surface area contributed by atoms with Gasteiger partial charge in [-0.3, -0.25) is 0 Å². The van der Waals surface area contributed by atoms with E-state index < -0.39 is 9.84 Å². The van der Waals surface area contributed by atoms with E-state index in [-0.39, 0.29) is 0 Å². The van der Waals surface area contributed by atoms with E-state index in [1.165, 1.54) is 6.26 Å². The zero-order chi connectivity index (χ0) is 13.9. The van der Waals surface area contributed by atoms with Crippen LogP contribution in [0.2, 0.25) is 0 Å². The number of ether oxygens (including phenoxy) is 1. The van der Waals surface area contributed by atoms with E-state index in [2.05, 4.69) is 9.97 Å². The predicted octanol–water partition coefficient (Wildman–Crippen LogP) is 2.02. The highest BCUT2D eigenvalue weighted by molar-refractivity contribution is 7.90. The van der Waals surface area contributed by atoms with Crippen molar-refractivity contribution in [3.8, 4) is 11.3 Å². The largest absolute Gasteiger partial charge is 0.375 e. The van der Waals surface area contributed by atoms with Crippen LogP contribution in [-0.4, -0.2) is 31.2 Å². The van der Waals surface area contributed by atoms with Crippen LogP contribution in [-0.2, 0) is 21.2 Å². The summed E-state index contributed by atoms with van der Waals surface area (Å²) in [6.45, 7) is 3.02. The van der Waals surface area contributed by atoms with Gasteiger partial charge in [-0.1, -0.05) is 12.1 Å². The molecule has 5 nitrogen and oxygen atoms in total. The SMILES string of the molecule is CCOCc1[nH]cnc1-c1ccc(S(C)(=O)=O)cc1. The van der Waals surface area contributed by atoms with Crippen molar-refractivity contribution in [2.75, 3.05) is 12.9 Å². The monoisotopic (exact) mass is 280 g/mol. The molecule has 2 rings (SSSR count). The number of H-pyrrole nitrogens is 1. The Bertz CT molecular complexity index is 645. The first-order valence-electron chi connectivity index (χ1n) is 5.93. The molecule has 102 valence electrons. The Labute approximate surface area is 112 Å². The maximum atomic E-state index is 11.4. The fraction of sp³-hybridized carbons (Fsp3) is 0.308. The average molecular weight is 280 g/mol. The Hall–Kier alpha value is -1.66. The maximum absolute atomic E-state index is 11.4. The van der Waals surface area contributed by atoms with Crippen LogP contribution in [0.1, 0.15) is 12.6 Å². The van der Waals surface area contributed by atoms with Gasteiger partial charge in [-0.25, -0.2) is 13.4 Å². The molecule has 0 spiro atoms. The molecule has 0 bridgehead atoms. The molecule has 0 fully saturated rings. The molecule has 0 aliphatic rings. The van der Waals surface area contributed by atoms with Gasteiger partial charge in [-0.2, -0.15) is 0 Å². The summed E-state index contributed by atoms with van der Waals surface area (Å²) in [5, 5.41) is 0. The molecule has 1 N–H and O–H groups in total. The lowest BCUT2D eigenvalue weighted by Gasteiger charge is -2.04. The maximum Gasteiger partial charge on any atom is 0.175 e. The van der Waals surface area contributed by atoms with Crippen LogP contribution in [0, 0.1) is 0 Å². The van der Waals surface area contributed by atoms with Gasteiger partial charge in [-0.15, -0.1) is 0 Å². The quantitative estimate of drug-likeness (QED) is 0.909. The Morgan fingerprint density at radius 1 is 1.26 bits per heavy atom. The van der Waals surface area contributed by atoms with Gasteiger partial charge in [0.2, 0.25) is 0 Å². The lowest BCUT2D eigenvalue weighted by atomic mass is 10.1. The molecule has 6 heteroatoms. The third-order valence-corrected chi connectivity index (χ3v) is 3.85. The molecule has 0 aliphatic carbocycles. The van der Waals surface area contributed by atoms with E-state index in [9.17, 15) is 8.42 Å². The topological polar surface area (TPSA) is 72.0 Å². The van der Waals surface area contributed by atoms with Gasteiger partial charge in [0.25, 0.3) is 0 Å². The number of hydrogen-bond donors (Lipinski definition) is 1. The first-order chi connectivity index (χ1) is 9.02. The molecule has 0 unspecified atom stereocenters. The molecule has 0 amide bonds. The lowest BCUT2D eigenvalue weighted by Crippen LogP contribution is -1.97. The Morgan fingerprint density at radius 3 is 2.53 bits per heavy atom. The number of nitrogens with zero attached hydrogens (tertiary/aromatic N) is 1. The smallest absolute Gasteiger partial charge is 0.175 e. The molecule has 19 heavy (non-hydrogen) atoms. The number of benzene rings is 1. The van der Waals surface area contributed by atoms with Crippen LogP contribution in [0.15, 0.2) is 35.5 Å². The van der Waals surface area contributed by atoms with Crippen LogP contribution >= 0.6 is 0 Å². The summed E-state index contributed by atoms with van der Waals surface area (Å²) < 4.78 is 28.1. The van der Waals surface area contributed by atoms with E-state index in [0.29, 0.717) is 18.1 Å². The molecular formula is C13H16N2O3S. The highest BCUT2D eigenvalue weighted by atomic mass is 32.2. The average Bonchev–Trinajstić information content (AvgIpc) is 2.83. The van der Waals surface area contributed by atoms with Gasteiger partial charge in [0.05, 0.1) is 29.2 Å². The second-order valence-electron chi connectivity index (χ2n) is 4.16. The summed E-state index contributed by atoms with van der Waals surface area (Å²) in [7, 11) is -3.17. The van der Waals surface area contributed by atoms with E-state index >= 15 is 0 Å². The summed E-state index contributed by atoms with van der Waals surface area (Å²) in [5.74, 6) is 0. The molecule has 0 radical (unpaired) electrons. The van der Waals surface area contributed by atoms with Crippen molar-refractivity contribution in [3.05, 3.63) is 36.3 Å². The number of imidazole rings is 1. The summed E-state index contributed by atoms with van der Waals surface area (Å²) in [4.78, 5) is 7.58. The number of hydrogen-bond acceptors (Lipinski definition) is 4. The summed E-state index contributed by atoms with van der Waals surface area (Å²) in [5.41, 5.74) is 2.53. The van der Waals surface area contributed by atoms with Crippen molar-refractivity contribution in [1.29, 1.82) is 0 Å². The van der Waals surface area contributed by atoms with E-state index in [1.54, 1.807) is 30.6 Å². The fourth-order valence-corrected chi connectivity index (χ4v) is 2.37. The standard InChI is InChI=1S/C13H16N2O3S/c1-3-18-8-12-13(15-9-14-12)10-4-6-11(7-5-10)19(2,16)17/h4-7,9H,3,8H2,1-2H3,(H,14,15). The van der Waals surface area contributed by atoms with Gasteiger partial charge in [0.15, 0.2) is 9.84 Å². The van der Waals surface area contributed by atoms with Gasteiger partial charge < -0.3 is 9.72 Å². The molecule has 0 saturated heterocycles. The minimum atomic E-state index is -3.17. The van der Waals surface area contributed by atoms with Crippen LogP contribution in [0.3, 0.4) is 0 Å². The molecule has 1 aromatic heterocycles.